The van der Waals surface area contributed by atoms with Crippen LogP contribution < -0.4 is 5.32 Å². The van der Waals surface area contributed by atoms with Crippen LogP contribution in [-0.4, -0.2) is 19.1 Å². The van der Waals surface area contributed by atoms with Crippen LogP contribution in [0.4, 0.5) is 5.69 Å². The minimum atomic E-state index is -3.13. The number of carbonyl (C=O) groups is 1. The zero-order valence-corrected chi connectivity index (χ0v) is 17.2. The van der Waals surface area contributed by atoms with Gasteiger partial charge in [0.05, 0.1) is 19.4 Å². The number of anilines is 1. The summed E-state index contributed by atoms with van der Waals surface area (Å²) in [5, 5.41) is 4.55. The van der Waals surface area contributed by atoms with Gasteiger partial charge in [-0.2, -0.15) is 0 Å². The molecule has 0 spiro atoms. The van der Waals surface area contributed by atoms with Crippen LogP contribution in [0.15, 0.2) is 71.0 Å². The lowest BCUT2D eigenvalue weighted by atomic mass is 10.2. The fourth-order valence-electron chi connectivity index (χ4n) is 2.30. The summed E-state index contributed by atoms with van der Waals surface area (Å²) in [5.74, 6) is -0.208. The van der Waals surface area contributed by atoms with Crippen molar-refractivity contribution in [2.75, 3.05) is 18.5 Å². The third kappa shape index (κ3) is 7.73. The van der Waals surface area contributed by atoms with Crippen molar-refractivity contribution in [1.82, 2.24) is 0 Å². The largest absolute Gasteiger partial charge is 0.335 e. The van der Waals surface area contributed by atoms with E-state index in [1.165, 1.54) is 17.8 Å². The number of amides is 1. The van der Waals surface area contributed by atoms with Crippen molar-refractivity contribution in [2.45, 2.75) is 24.9 Å². The van der Waals surface area contributed by atoms with Gasteiger partial charge in [0.15, 0.2) is 0 Å². The van der Waals surface area contributed by atoms with Crippen LogP contribution in [-0.2, 0) is 24.6 Å². The van der Waals surface area contributed by atoms with E-state index in [0.717, 1.165) is 10.5 Å². The average molecular weight is 405 g/mol. The highest BCUT2D eigenvalue weighted by Crippen LogP contribution is 2.51. The van der Waals surface area contributed by atoms with E-state index in [1.54, 1.807) is 31.4 Å². The summed E-state index contributed by atoms with van der Waals surface area (Å²) in [4.78, 5) is 13.1. The van der Waals surface area contributed by atoms with Gasteiger partial charge in [0.1, 0.15) is 0 Å². The molecule has 0 atom stereocenters. The molecular formula is C20H24NO4PS. The van der Waals surface area contributed by atoms with Crippen LogP contribution in [0.5, 0.6) is 0 Å². The lowest BCUT2D eigenvalue weighted by molar-refractivity contribution is -0.111. The molecule has 0 aliphatic rings. The van der Waals surface area contributed by atoms with Crippen molar-refractivity contribution in [3.8, 4) is 0 Å². The van der Waals surface area contributed by atoms with Gasteiger partial charge in [0.25, 0.3) is 0 Å². The summed E-state index contributed by atoms with van der Waals surface area (Å²) in [6.45, 7) is 4.24. The highest BCUT2D eigenvalue weighted by molar-refractivity contribution is 8.02. The molecule has 7 heteroatoms. The first-order valence-electron chi connectivity index (χ1n) is 8.71. The van der Waals surface area contributed by atoms with Gasteiger partial charge in [-0.1, -0.05) is 42.1 Å². The molecule has 27 heavy (non-hydrogen) atoms. The van der Waals surface area contributed by atoms with Crippen LogP contribution in [0, 0.1) is 0 Å². The van der Waals surface area contributed by atoms with Crippen LogP contribution >= 0.6 is 19.4 Å². The molecule has 2 rings (SSSR count). The van der Waals surface area contributed by atoms with E-state index in [2.05, 4.69) is 5.32 Å². The summed E-state index contributed by atoms with van der Waals surface area (Å²) in [5.41, 5.74) is 1.49. The highest BCUT2D eigenvalue weighted by Gasteiger charge is 2.23. The summed E-state index contributed by atoms with van der Waals surface area (Å²) in [6.07, 6.45) is 1.69. The SMILES string of the molecule is CCOP(=O)(Cc1ccc(NC(=O)C=CSc2ccccc2)cc1)OCC. The quantitative estimate of drug-likeness (QED) is 0.312. The molecule has 0 bridgehead atoms. The Morgan fingerprint density at radius 3 is 2.26 bits per heavy atom. The van der Waals surface area contributed by atoms with Crippen molar-refractivity contribution in [1.29, 1.82) is 0 Å². The monoisotopic (exact) mass is 405 g/mol. The van der Waals surface area contributed by atoms with Crippen molar-refractivity contribution in [3.05, 3.63) is 71.6 Å². The Labute approximate surface area is 164 Å². The number of rotatable bonds is 10. The maximum absolute atomic E-state index is 12.6. The van der Waals surface area contributed by atoms with Gasteiger partial charge < -0.3 is 14.4 Å². The van der Waals surface area contributed by atoms with Gasteiger partial charge in [-0.3, -0.25) is 9.36 Å². The Hall–Kier alpha value is -1.85. The van der Waals surface area contributed by atoms with Gasteiger partial charge in [0.2, 0.25) is 5.91 Å². The molecule has 2 aromatic carbocycles. The second kappa shape index (κ2) is 11.1. The Bertz CT molecular complexity index is 783. The summed E-state index contributed by atoms with van der Waals surface area (Å²) in [6, 6.07) is 17.0. The van der Waals surface area contributed by atoms with Gasteiger partial charge in [-0.25, -0.2) is 0 Å². The number of hydrogen-bond acceptors (Lipinski definition) is 5. The first-order chi connectivity index (χ1) is 13.0. The molecule has 5 nitrogen and oxygen atoms in total. The van der Waals surface area contributed by atoms with E-state index in [-0.39, 0.29) is 12.1 Å². The number of nitrogens with one attached hydrogen (secondary N) is 1. The van der Waals surface area contributed by atoms with Crippen molar-refractivity contribution >= 4 is 31.0 Å². The Morgan fingerprint density at radius 1 is 1.04 bits per heavy atom. The fraction of sp³-hybridized carbons (Fsp3) is 0.250. The van der Waals surface area contributed by atoms with E-state index in [9.17, 15) is 9.36 Å². The number of thioether (sulfide) groups is 1. The van der Waals surface area contributed by atoms with E-state index in [1.807, 2.05) is 42.5 Å². The molecule has 1 amide bonds. The zero-order valence-electron chi connectivity index (χ0n) is 15.5. The van der Waals surface area contributed by atoms with Gasteiger partial charge in [-0.05, 0) is 49.1 Å². The first-order valence-corrected chi connectivity index (χ1v) is 11.3. The summed E-state index contributed by atoms with van der Waals surface area (Å²) in [7, 11) is -3.13. The van der Waals surface area contributed by atoms with E-state index >= 15 is 0 Å². The third-order valence-electron chi connectivity index (χ3n) is 3.42. The van der Waals surface area contributed by atoms with Crippen LogP contribution in [0.3, 0.4) is 0 Å². The minimum absolute atomic E-state index is 0.205. The second-order valence-corrected chi connectivity index (χ2v) is 8.56. The maximum atomic E-state index is 12.6. The molecule has 2 aromatic rings. The number of hydrogen-bond donors (Lipinski definition) is 1. The Morgan fingerprint density at radius 2 is 1.67 bits per heavy atom. The lowest BCUT2D eigenvalue weighted by Crippen LogP contribution is -2.07. The average Bonchev–Trinajstić information content (AvgIpc) is 2.64. The molecule has 0 unspecified atom stereocenters. The predicted molar refractivity (Wildman–Crippen MR) is 111 cm³/mol. The third-order valence-corrected chi connectivity index (χ3v) is 6.29. The number of carbonyl (C=O) groups excluding carboxylic acids is 1. The normalized spacial score (nSPS) is 11.6. The molecule has 0 aromatic heterocycles. The van der Waals surface area contributed by atoms with Crippen LogP contribution in [0.1, 0.15) is 19.4 Å². The summed E-state index contributed by atoms with van der Waals surface area (Å²) >= 11 is 1.48. The Balaban J connectivity index is 1.89. The predicted octanol–water partition coefficient (Wildman–Crippen LogP) is 5.70. The van der Waals surface area contributed by atoms with Gasteiger partial charge >= 0.3 is 7.60 Å². The second-order valence-electron chi connectivity index (χ2n) is 5.52. The molecule has 0 aliphatic carbocycles. The molecule has 1 N–H and O–H groups in total. The van der Waals surface area contributed by atoms with Crippen molar-refractivity contribution in [2.24, 2.45) is 0 Å². The molecule has 0 saturated heterocycles. The minimum Gasteiger partial charge on any atom is -0.322 e. The van der Waals surface area contributed by atoms with Crippen molar-refractivity contribution in [3.63, 3.8) is 0 Å². The van der Waals surface area contributed by atoms with Crippen LogP contribution in [0.25, 0.3) is 0 Å². The van der Waals surface area contributed by atoms with Crippen molar-refractivity contribution < 1.29 is 18.4 Å². The lowest BCUT2D eigenvalue weighted by Gasteiger charge is -2.17. The maximum Gasteiger partial charge on any atom is 0.335 e. The first kappa shape index (κ1) is 21.5. The Kier molecular flexibility index (Phi) is 8.82. The molecule has 0 heterocycles. The fourth-order valence-corrected chi connectivity index (χ4v) is 4.66. The topological polar surface area (TPSA) is 64.6 Å². The smallest absolute Gasteiger partial charge is 0.322 e. The van der Waals surface area contributed by atoms with E-state index in [4.69, 9.17) is 9.05 Å². The van der Waals surface area contributed by atoms with Gasteiger partial charge in [0, 0.05) is 16.7 Å². The van der Waals surface area contributed by atoms with E-state index < -0.39 is 7.60 Å². The molecule has 144 valence electrons. The zero-order chi connectivity index (χ0) is 19.5. The molecular weight excluding hydrogens is 381 g/mol. The van der Waals surface area contributed by atoms with Crippen LogP contribution in [0.2, 0.25) is 0 Å². The molecule has 0 radical (unpaired) electrons. The molecule has 0 aliphatic heterocycles. The number of benzene rings is 2. The van der Waals surface area contributed by atoms with Gasteiger partial charge in [-0.15, -0.1) is 0 Å². The standard InChI is InChI=1S/C20H24NO4PS/c1-3-24-26(23,25-4-2)16-17-10-12-18(13-11-17)21-20(22)14-15-27-19-8-6-5-7-9-19/h5-15H,3-4,16H2,1-2H3,(H,21,22). The molecule has 0 fully saturated rings. The molecule has 0 saturated carbocycles. The van der Waals surface area contributed by atoms with E-state index in [0.29, 0.717) is 18.9 Å². The summed E-state index contributed by atoms with van der Waals surface area (Å²) < 4.78 is 23.2. The highest BCUT2D eigenvalue weighted by atomic mass is 32.2.